The highest BCUT2D eigenvalue weighted by Gasteiger charge is 2.40. The van der Waals surface area contributed by atoms with Gasteiger partial charge in [-0.2, -0.15) is 0 Å². The highest BCUT2D eigenvalue weighted by atomic mass is 79.9. The number of rotatable bonds is 5. The largest absolute Gasteiger partial charge is 0.151 e. The van der Waals surface area contributed by atoms with E-state index in [-0.39, 0.29) is 0 Å². The third kappa shape index (κ3) is 3.94. The monoisotopic (exact) mass is 447 g/mol. The van der Waals surface area contributed by atoms with Gasteiger partial charge in [-0.1, -0.05) is 70.5 Å². The molecule has 0 saturated heterocycles. The molecule has 0 heterocycles. The first-order valence-corrected chi connectivity index (χ1v) is 12.4. The number of hydrogen-bond acceptors (Lipinski definition) is 0. The van der Waals surface area contributed by atoms with Gasteiger partial charge in [0.1, 0.15) is 16.6 Å². The second-order valence-corrected chi connectivity index (χ2v) is 12.9. The molecular weight excluding hydrogens is 431 g/mol. The second kappa shape index (κ2) is 7.75. The van der Waals surface area contributed by atoms with Crippen molar-refractivity contribution in [1.82, 2.24) is 0 Å². The van der Waals surface area contributed by atoms with E-state index in [1.54, 1.807) is 0 Å². The van der Waals surface area contributed by atoms with E-state index in [0.29, 0.717) is 0 Å². The van der Waals surface area contributed by atoms with Gasteiger partial charge in [-0.25, -0.2) is 0 Å². The molecule has 0 spiro atoms. The molecule has 0 unspecified atom stereocenters. The van der Waals surface area contributed by atoms with E-state index in [0.717, 1.165) is 12.6 Å². The Morgan fingerprint density at radius 2 is 1.13 bits per heavy atom. The van der Waals surface area contributed by atoms with Gasteiger partial charge in [0.25, 0.3) is 0 Å². The zero-order valence-corrected chi connectivity index (χ0v) is 16.8. The molecule has 0 N–H and O–H groups in total. The lowest BCUT2D eigenvalue weighted by Crippen LogP contribution is -2.21. The number of hydrogen-bond donors (Lipinski definition) is 0. The lowest BCUT2D eigenvalue weighted by Gasteiger charge is -2.20. The molecule has 0 atom stereocenters. The van der Waals surface area contributed by atoms with Gasteiger partial charge in [0, 0.05) is 10.9 Å². The van der Waals surface area contributed by atoms with Gasteiger partial charge in [0.05, 0.1) is 6.16 Å². The Morgan fingerprint density at radius 1 is 0.652 bits per heavy atom. The Bertz CT molecular complexity index is 717. The molecule has 116 valence electrons. The van der Waals surface area contributed by atoms with Crippen molar-refractivity contribution in [2.75, 3.05) is 6.16 Å². The maximum atomic E-state index is 4.18. The van der Waals surface area contributed by atoms with Gasteiger partial charge in [-0.3, -0.25) is 0 Å². The van der Waals surface area contributed by atoms with Crippen molar-refractivity contribution >= 4 is 48.0 Å². The first kappa shape index (κ1) is 16.9. The highest BCUT2D eigenvalue weighted by molar-refractivity contribution is 9.43. The van der Waals surface area contributed by atoms with Crippen molar-refractivity contribution in [3.8, 4) is 0 Å². The van der Waals surface area contributed by atoms with Crippen molar-refractivity contribution in [3.63, 3.8) is 0 Å². The smallest absolute Gasteiger partial charge is 0.0620 e. The van der Waals surface area contributed by atoms with Crippen LogP contribution in [0.15, 0.2) is 89.4 Å². The molecule has 3 rings (SSSR count). The van der Waals surface area contributed by atoms with Crippen LogP contribution in [-0.4, -0.2) is 6.16 Å². The van der Waals surface area contributed by atoms with Crippen LogP contribution in [-0.2, 0) is 6.42 Å². The Morgan fingerprint density at radius 3 is 1.65 bits per heavy atom. The number of benzene rings is 3. The third-order valence-corrected chi connectivity index (χ3v) is 11.3. The van der Waals surface area contributed by atoms with Crippen molar-refractivity contribution in [1.29, 1.82) is 0 Å². The minimum absolute atomic E-state index is 1.05. The second-order valence-electron chi connectivity index (χ2n) is 5.45. The third-order valence-electron chi connectivity index (χ3n) is 3.98. The lowest BCUT2D eigenvalue weighted by atomic mass is 10.2. The summed E-state index contributed by atoms with van der Waals surface area (Å²) in [6, 6.07) is 30.2. The predicted octanol–water partition coefficient (Wildman–Crippen LogP) is 5.97. The maximum absolute atomic E-state index is 4.18. The SMILES string of the molecule is Brc1ccccc1CC[P+](Br)(c1ccccc1)c1ccccc1. The van der Waals surface area contributed by atoms with Crippen LogP contribution in [0.5, 0.6) is 0 Å². The summed E-state index contributed by atoms with van der Waals surface area (Å²) in [5.41, 5.74) is 1.36. The number of aryl methyl sites for hydroxylation is 1. The Labute approximate surface area is 155 Å². The minimum Gasteiger partial charge on any atom is -0.0620 e. The first-order chi connectivity index (χ1) is 11.2. The van der Waals surface area contributed by atoms with Crippen LogP contribution in [0.3, 0.4) is 0 Å². The fraction of sp³-hybridized carbons (Fsp3) is 0.100. The van der Waals surface area contributed by atoms with Gasteiger partial charge in [-0.15, -0.1) is 0 Å². The number of halogens is 2. The van der Waals surface area contributed by atoms with Gasteiger partial charge >= 0.3 is 0 Å². The van der Waals surface area contributed by atoms with Crippen molar-refractivity contribution in [3.05, 3.63) is 95.0 Å². The summed E-state index contributed by atoms with van der Waals surface area (Å²) in [5.74, 6) is -1.57. The Balaban J connectivity index is 1.95. The fourth-order valence-electron chi connectivity index (χ4n) is 2.71. The van der Waals surface area contributed by atoms with Gasteiger partial charge in [0.15, 0.2) is 15.5 Å². The van der Waals surface area contributed by atoms with E-state index in [9.17, 15) is 0 Å². The topological polar surface area (TPSA) is 0 Å². The molecule has 0 saturated carbocycles. The molecular formula is C20H18Br2P+. The standard InChI is InChI=1S/C20H18Br2P/c21-20-14-8-7-9-17(20)15-16-23(22,18-10-3-1-4-11-18)19-12-5-2-6-13-19/h1-14H,15-16H2/q+1. The molecule has 3 heteroatoms. The minimum atomic E-state index is -1.57. The molecule has 0 amide bonds. The van der Waals surface area contributed by atoms with Gasteiger partial charge in [0.2, 0.25) is 0 Å². The zero-order valence-electron chi connectivity index (χ0n) is 12.7. The summed E-state index contributed by atoms with van der Waals surface area (Å²) in [4.78, 5) is 0. The summed E-state index contributed by atoms with van der Waals surface area (Å²) < 4.78 is 1.19. The molecule has 0 aliphatic rings. The van der Waals surface area contributed by atoms with E-state index in [4.69, 9.17) is 0 Å². The fourth-order valence-corrected chi connectivity index (χ4v) is 7.80. The van der Waals surface area contributed by atoms with Crippen LogP contribution in [0.4, 0.5) is 0 Å². The summed E-state index contributed by atoms with van der Waals surface area (Å²) in [7, 11) is 0. The van der Waals surface area contributed by atoms with Crippen LogP contribution in [0.25, 0.3) is 0 Å². The van der Waals surface area contributed by atoms with Crippen molar-refractivity contribution < 1.29 is 0 Å². The lowest BCUT2D eigenvalue weighted by molar-refractivity contribution is 1.14. The summed E-state index contributed by atoms with van der Waals surface area (Å²) in [6.45, 7) is 0. The van der Waals surface area contributed by atoms with Crippen molar-refractivity contribution in [2.24, 2.45) is 0 Å². The summed E-state index contributed by atoms with van der Waals surface area (Å²) >= 11 is 7.85. The molecule has 0 aliphatic carbocycles. The molecule has 0 nitrogen and oxygen atoms in total. The average molecular weight is 449 g/mol. The molecule has 0 aromatic heterocycles. The molecule has 23 heavy (non-hydrogen) atoms. The van der Waals surface area contributed by atoms with Gasteiger partial charge in [-0.05, 0) is 35.9 Å². The van der Waals surface area contributed by atoms with Crippen molar-refractivity contribution in [2.45, 2.75) is 6.42 Å². The van der Waals surface area contributed by atoms with E-state index in [1.807, 2.05) is 0 Å². The van der Waals surface area contributed by atoms with Crippen LogP contribution in [0.2, 0.25) is 0 Å². The van der Waals surface area contributed by atoms with E-state index < -0.39 is 5.96 Å². The molecule has 3 aromatic rings. The first-order valence-electron chi connectivity index (χ1n) is 7.62. The van der Waals surface area contributed by atoms with E-state index in [2.05, 4.69) is 116 Å². The van der Waals surface area contributed by atoms with Crippen LogP contribution in [0.1, 0.15) is 5.56 Å². The van der Waals surface area contributed by atoms with Crippen LogP contribution >= 0.6 is 37.4 Å². The summed E-state index contributed by atoms with van der Waals surface area (Å²) in [6.07, 6.45) is 2.15. The zero-order chi connectivity index (χ0) is 16.1. The molecule has 0 fully saturated rings. The maximum Gasteiger partial charge on any atom is 0.151 e. The molecule has 0 bridgehead atoms. The average Bonchev–Trinajstić information content (AvgIpc) is 2.62. The van der Waals surface area contributed by atoms with E-state index >= 15 is 0 Å². The highest BCUT2D eigenvalue weighted by Crippen LogP contribution is 2.64. The van der Waals surface area contributed by atoms with Gasteiger partial charge < -0.3 is 0 Å². The Kier molecular flexibility index (Phi) is 5.69. The Hall–Kier alpha value is -0.950. The molecule has 0 radical (unpaired) electrons. The molecule has 0 aliphatic heterocycles. The normalized spacial score (nSPS) is 11.4. The van der Waals surface area contributed by atoms with Crippen LogP contribution < -0.4 is 10.6 Å². The van der Waals surface area contributed by atoms with E-state index in [1.165, 1.54) is 20.6 Å². The predicted molar refractivity (Wildman–Crippen MR) is 111 cm³/mol. The molecule has 3 aromatic carbocycles. The van der Waals surface area contributed by atoms with Crippen LogP contribution in [0, 0.1) is 0 Å². The summed E-state index contributed by atoms with van der Waals surface area (Å²) in [5, 5.41) is 2.80. The quantitative estimate of drug-likeness (QED) is 0.422.